The highest BCUT2D eigenvalue weighted by molar-refractivity contribution is 5.83. The Morgan fingerprint density at radius 2 is 1.78 bits per heavy atom. The van der Waals surface area contributed by atoms with Gasteiger partial charge in [0.25, 0.3) is 0 Å². The average Bonchev–Trinajstić information content (AvgIpc) is 3.34. The Bertz CT molecular complexity index is 1110. The molecule has 0 saturated heterocycles. The molecule has 0 atom stereocenters. The van der Waals surface area contributed by atoms with E-state index in [4.69, 9.17) is 0 Å². The highest BCUT2D eigenvalue weighted by atomic mass is 19.1. The number of aryl methyl sites for hydroxylation is 1. The van der Waals surface area contributed by atoms with Crippen LogP contribution in [0.1, 0.15) is 33.3 Å². The van der Waals surface area contributed by atoms with Crippen molar-refractivity contribution in [1.29, 1.82) is 0 Å². The van der Waals surface area contributed by atoms with Crippen molar-refractivity contribution in [2.45, 2.75) is 53.2 Å². The lowest BCUT2D eigenvalue weighted by atomic mass is 10.1. The summed E-state index contributed by atoms with van der Waals surface area (Å²) in [6.45, 7) is 13.2. The summed E-state index contributed by atoms with van der Waals surface area (Å²) < 4.78 is 17.6. The summed E-state index contributed by atoms with van der Waals surface area (Å²) in [5, 5.41) is 8.62. The molecular formula is C26H38FN5. The molecule has 0 amide bonds. The minimum atomic E-state index is -0.175. The molecular weight excluding hydrogens is 401 g/mol. The van der Waals surface area contributed by atoms with E-state index in [1.807, 2.05) is 59.4 Å². The lowest BCUT2D eigenvalue weighted by Crippen LogP contribution is -2.40. The number of hydrogen-bond donors (Lipinski definition) is 2. The van der Waals surface area contributed by atoms with Gasteiger partial charge in [0.1, 0.15) is 5.82 Å². The zero-order chi connectivity index (χ0) is 23.7. The van der Waals surface area contributed by atoms with Crippen molar-refractivity contribution in [3.05, 3.63) is 66.5 Å². The number of benzene rings is 1. The fourth-order valence-corrected chi connectivity index (χ4v) is 3.55. The van der Waals surface area contributed by atoms with Gasteiger partial charge in [-0.3, -0.25) is 4.98 Å². The van der Waals surface area contributed by atoms with Crippen molar-refractivity contribution in [2.24, 2.45) is 0 Å². The number of fused-ring (bicyclic) bond motifs is 2. The molecule has 0 aliphatic carbocycles. The van der Waals surface area contributed by atoms with Gasteiger partial charge in [-0.25, -0.2) is 4.39 Å². The number of rotatable bonds is 6. The normalized spacial score (nSPS) is 11.1. The molecule has 2 N–H and O–H groups in total. The van der Waals surface area contributed by atoms with E-state index in [1.54, 1.807) is 6.07 Å². The fraction of sp³-hybridized carbons (Fsp3) is 0.423. The summed E-state index contributed by atoms with van der Waals surface area (Å²) >= 11 is 0. The van der Waals surface area contributed by atoms with Crippen LogP contribution in [0.5, 0.6) is 0 Å². The smallest absolute Gasteiger partial charge is 0.123 e. The van der Waals surface area contributed by atoms with Gasteiger partial charge < -0.3 is 19.8 Å². The molecule has 4 aromatic rings. The van der Waals surface area contributed by atoms with Crippen LogP contribution >= 0.6 is 0 Å². The minimum Gasteiger partial charge on any atom is -0.346 e. The number of pyridine rings is 1. The Kier molecular flexibility index (Phi) is 9.42. The molecule has 0 bridgehead atoms. The number of nitrogens with one attached hydrogen (secondary N) is 2. The van der Waals surface area contributed by atoms with Crippen molar-refractivity contribution in [3.63, 3.8) is 0 Å². The summed E-state index contributed by atoms with van der Waals surface area (Å²) in [4.78, 5) is 4.08. The van der Waals surface area contributed by atoms with Crippen LogP contribution in [0, 0.1) is 12.7 Å². The van der Waals surface area contributed by atoms with Gasteiger partial charge in [-0.1, -0.05) is 13.8 Å². The van der Waals surface area contributed by atoms with E-state index in [0.29, 0.717) is 0 Å². The third-order valence-corrected chi connectivity index (χ3v) is 5.46. The topological polar surface area (TPSA) is 46.8 Å². The van der Waals surface area contributed by atoms with E-state index < -0.39 is 0 Å². The van der Waals surface area contributed by atoms with Crippen molar-refractivity contribution in [2.75, 3.05) is 20.6 Å². The molecule has 5 nitrogen and oxygen atoms in total. The van der Waals surface area contributed by atoms with Crippen molar-refractivity contribution in [1.82, 2.24) is 24.8 Å². The van der Waals surface area contributed by atoms with Crippen LogP contribution in [-0.4, -0.2) is 40.3 Å². The van der Waals surface area contributed by atoms with Gasteiger partial charge >= 0.3 is 0 Å². The predicted octanol–water partition coefficient (Wildman–Crippen LogP) is 5.37. The molecule has 3 heterocycles. The van der Waals surface area contributed by atoms with Gasteiger partial charge in [0.2, 0.25) is 0 Å². The Morgan fingerprint density at radius 3 is 2.47 bits per heavy atom. The Morgan fingerprint density at radius 1 is 1.03 bits per heavy atom. The molecule has 6 heteroatoms. The van der Waals surface area contributed by atoms with Gasteiger partial charge in [-0.05, 0) is 70.8 Å². The summed E-state index contributed by atoms with van der Waals surface area (Å²) in [5.41, 5.74) is 3.48. The standard InChI is InChI=1S/C14H19FN2.C10H13N3.C2H6/c1-10-8-17(9-14(2,3)16-4)13-6-5-11(15)7-12(10)13;1-11-5-7-13-6-3-9-8-12-4-2-10(9)13;1-2/h5-8,16H,9H2,1-4H3;2-4,6,8,11H,5,7H2,1H3;1-2H3. The summed E-state index contributed by atoms with van der Waals surface area (Å²) in [5.74, 6) is -0.175. The van der Waals surface area contributed by atoms with Crippen LogP contribution in [-0.2, 0) is 13.1 Å². The SMILES string of the molecule is CC.CNC(C)(C)Cn1cc(C)c2cc(F)ccc21.CNCCn1ccc2cnccc21. The molecule has 0 aliphatic rings. The molecule has 0 unspecified atom stereocenters. The summed E-state index contributed by atoms with van der Waals surface area (Å²) in [7, 11) is 3.92. The van der Waals surface area contributed by atoms with Gasteiger partial charge in [-0.15, -0.1) is 0 Å². The third kappa shape index (κ3) is 6.40. The predicted molar refractivity (Wildman–Crippen MR) is 135 cm³/mol. The lowest BCUT2D eigenvalue weighted by molar-refractivity contribution is 0.368. The Labute approximate surface area is 191 Å². The van der Waals surface area contributed by atoms with Crippen LogP contribution in [0.4, 0.5) is 4.39 Å². The molecule has 0 saturated carbocycles. The molecule has 0 spiro atoms. The molecule has 174 valence electrons. The lowest BCUT2D eigenvalue weighted by Gasteiger charge is -2.25. The van der Waals surface area contributed by atoms with Gasteiger partial charge in [0, 0.05) is 66.2 Å². The number of likely N-dealkylation sites (N-methyl/N-ethyl adjacent to an activating group) is 2. The van der Waals surface area contributed by atoms with E-state index in [1.165, 1.54) is 17.0 Å². The van der Waals surface area contributed by atoms with Crippen LogP contribution in [0.3, 0.4) is 0 Å². The second kappa shape index (κ2) is 11.8. The van der Waals surface area contributed by atoms with Crippen LogP contribution in [0.2, 0.25) is 0 Å². The molecule has 32 heavy (non-hydrogen) atoms. The van der Waals surface area contributed by atoms with Gasteiger partial charge in [-0.2, -0.15) is 0 Å². The first-order valence-corrected chi connectivity index (χ1v) is 11.3. The molecule has 4 rings (SSSR count). The quantitative estimate of drug-likeness (QED) is 0.425. The molecule has 0 radical (unpaired) electrons. The first-order valence-electron chi connectivity index (χ1n) is 11.3. The molecule has 3 aromatic heterocycles. The van der Waals surface area contributed by atoms with Gasteiger partial charge in [0.05, 0.1) is 5.52 Å². The Balaban J connectivity index is 0.000000217. The maximum Gasteiger partial charge on any atom is 0.123 e. The van der Waals surface area contributed by atoms with Crippen LogP contribution in [0.25, 0.3) is 21.8 Å². The molecule has 0 aliphatic heterocycles. The van der Waals surface area contributed by atoms with E-state index in [0.717, 1.165) is 36.1 Å². The summed E-state index contributed by atoms with van der Waals surface area (Å²) in [6.07, 6.45) is 7.91. The average molecular weight is 440 g/mol. The molecule has 0 fully saturated rings. The maximum absolute atomic E-state index is 13.2. The Hall–Kier alpha value is -2.70. The summed E-state index contributed by atoms with van der Waals surface area (Å²) in [6, 6.07) is 9.12. The number of aromatic nitrogens is 3. The van der Waals surface area contributed by atoms with Crippen molar-refractivity contribution < 1.29 is 4.39 Å². The van der Waals surface area contributed by atoms with Crippen molar-refractivity contribution >= 4 is 21.8 Å². The van der Waals surface area contributed by atoms with Crippen LogP contribution < -0.4 is 10.6 Å². The second-order valence-electron chi connectivity index (χ2n) is 8.28. The fourth-order valence-electron chi connectivity index (χ4n) is 3.55. The van der Waals surface area contributed by atoms with Gasteiger partial charge in [0.15, 0.2) is 0 Å². The third-order valence-electron chi connectivity index (χ3n) is 5.46. The second-order valence-corrected chi connectivity index (χ2v) is 8.28. The monoisotopic (exact) mass is 439 g/mol. The molecule has 1 aromatic carbocycles. The zero-order valence-electron chi connectivity index (χ0n) is 20.5. The maximum atomic E-state index is 13.2. The largest absolute Gasteiger partial charge is 0.346 e. The first-order chi connectivity index (χ1) is 15.3. The number of nitrogens with zero attached hydrogens (tertiary/aromatic N) is 3. The number of halogens is 1. The van der Waals surface area contributed by atoms with E-state index in [-0.39, 0.29) is 11.4 Å². The highest BCUT2D eigenvalue weighted by Gasteiger charge is 2.17. The van der Waals surface area contributed by atoms with Crippen LogP contribution in [0.15, 0.2) is 55.1 Å². The highest BCUT2D eigenvalue weighted by Crippen LogP contribution is 2.23. The van der Waals surface area contributed by atoms with E-state index in [9.17, 15) is 4.39 Å². The van der Waals surface area contributed by atoms with E-state index >= 15 is 0 Å². The zero-order valence-corrected chi connectivity index (χ0v) is 20.5. The van der Waals surface area contributed by atoms with Crippen molar-refractivity contribution in [3.8, 4) is 0 Å². The van der Waals surface area contributed by atoms with E-state index in [2.05, 4.69) is 57.1 Å². The number of hydrogen-bond acceptors (Lipinski definition) is 3. The first kappa shape index (κ1) is 25.6. The minimum absolute atomic E-state index is 0.0206.